The van der Waals surface area contributed by atoms with Crippen LogP contribution in [0.4, 0.5) is 5.95 Å². The SMILES string of the molecule is CCOC(=O)c1cnc(N2CC(Oc3ccc([C@H](C)NC(C)=O)cc3)C2)nc1. The fourth-order valence-electron chi connectivity index (χ4n) is 2.90. The Balaban J connectivity index is 1.49. The number of hydrogen-bond acceptors (Lipinski definition) is 7. The molecule has 1 fully saturated rings. The lowest BCUT2D eigenvalue weighted by Gasteiger charge is -2.38. The predicted octanol–water partition coefficient (Wildman–Crippen LogP) is 2.12. The Hall–Kier alpha value is -3.16. The van der Waals surface area contributed by atoms with Gasteiger partial charge in [0.2, 0.25) is 11.9 Å². The average molecular weight is 384 g/mol. The molecule has 1 N–H and O–H groups in total. The van der Waals surface area contributed by atoms with Crippen molar-refractivity contribution in [3.05, 3.63) is 47.8 Å². The summed E-state index contributed by atoms with van der Waals surface area (Å²) < 4.78 is 10.9. The minimum Gasteiger partial charge on any atom is -0.487 e. The van der Waals surface area contributed by atoms with E-state index in [-0.39, 0.29) is 18.1 Å². The zero-order chi connectivity index (χ0) is 20.1. The van der Waals surface area contributed by atoms with Crippen molar-refractivity contribution in [3.8, 4) is 5.75 Å². The van der Waals surface area contributed by atoms with E-state index in [4.69, 9.17) is 9.47 Å². The van der Waals surface area contributed by atoms with Crippen LogP contribution in [0.2, 0.25) is 0 Å². The normalized spacial score (nSPS) is 14.8. The van der Waals surface area contributed by atoms with E-state index in [0.717, 1.165) is 11.3 Å². The molecule has 148 valence electrons. The maximum absolute atomic E-state index is 11.6. The fraction of sp³-hybridized carbons (Fsp3) is 0.400. The molecule has 1 saturated heterocycles. The monoisotopic (exact) mass is 384 g/mol. The Labute approximate surface area is 163 Å². The van der Waals surface area contributed by atoms with Gasteiger partial charge in [0, 0.05) is 19.3 Å². The zero-order valence-corrected chi connectivity index (χ0v) is 16.2. The van der Waals surface area contributed by atoms with Crippen molar-refractivity contribution in [2.75, 3.05) is 24.6 Å². The first-order chi connectivity index (χ1) is 13.5. The van der Waals surface area contributed by atoms with Crippen molar-refractivity contribution in [2.45, 2.75) is 32.9 Å². The van der Waals surface area contributed by atoms with E-state index >= 15 is 0 Å². The second kappa shape index (κ2) is 8.69. The maximum Gasteiger partial charge on any atom is 0.341 e. The first-order valence-electron chi connectivity index (χ1n) is 9.24. The number of benzene rings is 1. The van der Waals surface area contributed by atoms with Crippen molar-refractivity contribution in [2.24, 2.45) is 0 Å². The minimum absolute atomic E-state index is 0.0412. The topological polar surface area (TPSA) is 93.6 Å². The maximum atomic E-state index is 11.6. The molecular formula is C20H24N4O4. The first-order valence-corrected chi connectivity index (χ1v) is 9.24. The van der Waals surface area contributed by atoms with E-state index in [2.05, 4.69) is 15.3 Å². The summed E-state index contributed by atoms with van der Waals surface area (Å²) in [5.74, 6) is 0.865. The number of nitrogens with one attached hydrogen (secondary N) is 1. The molecule has 0 unspecified atom stereocenters. The van der Waals surface area contributed by atoms with Gasteiger partial charge in [0.1, 0.15) is 11.9 Å². The standard InChI is InChI=1S/C20H24N4O4/c1-4-27-19(26)16-9-21-20(22-10-16)24-11-18(12-24)28-17-7-5-15(6-8-17)13(2)23-14(3)25/h5-10,13,18H,4,11-12H2,1-3H3,(H,23,25)/t13-/m0/s1. The highest BCUT2D eigenvalue weighted by atomic mass is 16.5. The number of esters is 1. The molecule has 1 aromatic heterocycles. The van der Waals surface area contributed by atoms with Crippen molar-refractivity contribution >= 4 is 17.8 Å². The Morgan fingerprint density at radius 1 is 1.21 bits per heavy atom. The lowest BCUT2D eigenvalue weighted by Crippen LogP contribution is -2.54. The van der Waals surface area contributed by atoms with Crippen LogP contribution in [-0.2, 0) is 9.53 Å². The number of nitrogens with zero attached hydrogens (tertiary/aromatic N) is 3. The summed E-state index contributed by atoms with van der Waals surface area (Å²) in [4.78, 5) is 33.2. The average Bonchev–Trinajstić information content (AvgIpc) is 2.64. The third kappa shape index (κ3) is 4.76. The first kappa shape index (κ1) is 19.6. The number of anilines is 1. The lowest BCUT2D eigenvalue weighted by molar-refractivity contribution is -0.119. The number of hydrogen-bond donors (Lipinski definition) is 1. The van der Waals surface area contributed by atoms with Gasteiger partial charge in [-0.1, -0.05) is 12.1 Å². The van der Waals surface area contributed by atoms with Crippen LogP contribution in [0.1, 0.15) is 42.7 Å². The second-order valence-corrected chi connectivity index (χ2v) is 6.63. The molecule has 0 spiro atoms. The molecule has 1 aromatic carbocycles. The molecule has 28 heavy (non-hydrogen) atoms. The molecule has 0 aliphatic carbocycles. The van der Waals surface area contributed by atoms with E-state index in [1.807, 2.05) is 36.1 Å². The molecule has 8 heteroatoms. The van der Waals surface area contributed by atoms with Crippen LogP contribution in [0.3, 0.4) is 0 Å². The quantitative estimate of drug-likeness (QED) is 0.731. The van der Waals surface area contributed by atoms with Crippen LogP contribution < -0.4 is 15.0 Å². The Kier molecular flexibility index (Phi) is 6.08. The molecule has 2 heterocycles. The molecule has 2 aromatic rings. The van der Waals surface area contributed by atoms with Gasteiger partial charge in [0.25, 0.3) is 0 Å². The summed E-state index contributed by atoms with van der Waals surface area (Å²) in [5.41, 5.74) is 1.36. The molecule has 0 saturated carbocycles. The van der Waals surface area contributed by atoms with Crippen LogP contribution in [0.15, 0.2) is 36.7 Å². The second-order valence-electron chi connectivity index (χ2n) is 6.63. The fourth-order valence-corrected chi connectivity index (χ4v) is 2.90. The number of carbonyl (C=O) groups is 2. The number of ether oxygens (including phenoxy) is 2. The Bertz CT molecular complexity index is 817. The highest BCUT2D eigenvalue weighted by Crippen LogP contribution is 2.23. The molecule has 8 nitrogen and oxygen atoms in total. The summed E-state index contributed by atoms with van der Waals surface area (Å²) in [6, 6.07) is 7.66. The van der Waals surface area contributed by atoms with Crippen LogP contribution in [0.5, 0.6) is 5.75 Å². The van der Waals surface area contributed by atoms with Gasteiger partial charge in [0.05, 0.1) is 31.3 Å². The molecule has 0 radical (unpaired) electrons. The highest BCUT2D eigenvalue weighted by molar-refractivity contribution is 5.88. The van der Waals surface area contributed by atoms with Gasteiger partial charge < -0.3 is 19.7 Å². The third-order valence-corrected chi connectivity index (χ3v) is 4.38. The number of rotatable bonds is 7. The summed E-state index contributed by atoms with van der Waals surface area (Å²) >= 11 is 0. The summed E-state index contributed by atoms with van der Waals surface area (Å²) in [6.45, 7) is 6.85. The molecule has 3 rings (SSSR count). The predicted molar refractivity (Wildman–Crippen MR) is 103 cm³/mol. The zero-order valence-electron chi connectivity index (χ0n) is 16.2. The van der Waals surface area contributed by atoms with E-state index in [1.54, 1.807) is 6.92 Å². The van der Waals surface area contributed by atoms with Gasteiger partial charge in [-0.2, -0.15) is 0 Å². The minimum atomic E-state index is -0.421. The van der Waals surface area contributed by atoms with Gasteiger partial charge >= 0.3 is 5.97 Å². The van der Waals surface area contributed by atoms with E-state index in [0.29, 0.717) is 31.2 Å². The van der Waals surface area contributed by atoms with Crippen LogP contribution in [0.25, 0.3) is 0 Å². The molecule has 0 bridgehead atoms. The van der Waals surface area contributed by atoms with Crippen LogP contribution in [-0.4, -0.2) is 47.6 Å². The van der Waals surface area contributed by atoms with E-state index < -0.39 is 5.97 Å². The van der Waals surface area contributed by atoms with Crippen molar-refractivity contribution < 1.29 is 19.1 Å². The smallest absolute Gasteiger partial charge is 0.341 e. The summed E-state index contributed by atoms with van der Waals surface area (Å²) in [7, 11) is 0. The highest BCUT2D eigenvalue weighted by Gasteiger charge is 2.30. The Morgan fingerprint density at radius 3 is 2.43 bits per heavy atom. The molecule has 1 aliphatic rings. The number of carbonyl (C=O) groups excluding carboxylic acids is 2. The van der Waals surface area contributed by atoms with Gasteiger partial charge in [-0.15, -0.1) is 0 Å². The third-order valence-electron chi connectivity index (χ3n) is 4.38. The van der Waals surface area contributed by atoms with Crippen molar-refractivity contribution in [3.63, 3.8) is 0 Å². The van der Waals surface area contributed by atoms with Crippen molar-refractivity contribution in [1.82, 2.24) is 15.3 Å². The van der Waals surface area contributed by atoms with Gasteiger partial charge in [-0.05, 0) is 31.5 Å². The molecule has 1 amide bonds. The van der Waals surface area contributed by atoms with Gasteiger partial charge in [-0.3, -0.25) is 4.79 Å². The van der Waals surface area contributed by atoms with Gasteiger partial charge in [-0.25, -0.2) is 14.8 Å². The summed E-state index contributed by atoms with van der Waals surface area (Å²) in [5, 5.41) is 2.85. The van der Waals surface area contributed by atoms with Crippen molar-refractivity contribution in [1.29, 1.82) is 0 Å². The Morgan fingerprint density at radius 2 is 1.86 bits per heavy atom. The number of aromatic nitrogens is 2. The molecule has 1 atom stereocenters. The van der Waals surface area contributed by atoms with Gasteiger partial charge in [0.15, 0.2) is 0 Å². The lowest BCUT2D eigenvalue weighted by atomic mass is 10.1. The molecule has 1 aliphatic heterocycles. The number of amides is 1. The molecular weight excluding hydrogens is 360 g/mol. The van der Waals surface area contributed by atoms with E-state index in [1.165, 1.54) is 19.3 Å². The van der Waals surface area contributed by atoms with E-state index in [9.17, 15) is 9.59 Å². The van der Waals surface area contributed by atoms with Crippen LogP contribution >= 0.6 is 0 Å². The summed E-state index contributed by atoms with van der Waals surface area (Å²) in [6.07, 6.45) is 3.00. The largest absolute Gasteiger partial charge is 0.487 e. The van der Waals surface area contributed by atoms with Crippen LogP contribution in [0, 0.1) is 0 Å².